The molecule has 0 aliphatic carbocycles. The summed E-state index contributed by atoms with van der Waals surface area (Å²) in [5.41, 5.74) is 8.30. The highest BCUT2D eigenvalue weighted by Gasteiger charge is 2.13. The third kappa shape index (κ3) is 2.18. The van der Waals surface area contributed by atoms with Crippen molar-refractivity contribution in [2.75, 3.05) is 18.0 Å². The van der Waals surface area contributed by atoms with Crippen molar-refractivity contribution in [3.05, 3.63) is 35.5 Å². The first-order chi connectivity index (χ1) is 7.31. The van der Waals surface area contributed by atoms with E-state index in [1.807, 2.05) is 18.3 Å². The molecule has 2 heterocycles. The van der Waals surface area contributed by atoms with Crippen LogP contribution in [0.15, 0.2) is 30.0 Å². The maximum absolute atomic E-state index is 5.70. The van der Waals surface area contributed by atoms with E-state index in [0.717, 1.165) is 30.9 Å². The van der Waals surface area contributed by atoms with Gasteiger partial charge in [-0.05, 0) is 19.4 Å². The highest BCUT2D eigenvalue weighted by Crippen LogP contribution is 2.20. The second kappa shape index (κ2) is 4.45. The van der Waals surface area contributed by atoms with Gasteiger partial charge in [-0.25, -0.2) is 4.98 Å². The molecule has 0 saturated heterocycles. The Bertz CT molecular complexity index is 371. The highest BCUT2D eigenvalue weighted by molar-refractivity contribution is 5.48. The van der Waals surface area contributed by atoms with Crippen molar-refractivity contribution in [1.29, 1.82) is 0 Å². The van der Waals surface area contributed by atoms with Crippen molar-refractivity contribution in [2.24, 2.45) is 5.73 Å². The molecule has 0 amide bonds. The van der Waals surface area contributed by atoms with E-state index >= 15 is 0 Å². The van der Waals surface area contributed by atoms with Gasteiger partial charge in [-0.2, -0.15) is 0 Å². The monoisotopic (exact) mass is 203 g/mol. The van der Waals surface area contributed by atoms with Crippen molar-refractivity contribution in [1.82, 2.24) is 4.98 Å². The standard InChI is InChI=1S/C12H17N3/c1-10-4-7-15(8-5-10)12-11(9-13)3-2-6-14-12/h2-4,6H,5,7-9,13H2,1H3. The third-order valence-electron chi connectivity index (χ3n) is 2.82. The first-order valence-corrected chi connectivity index (χ1v) is 5.36. The molecule has 1 aliphatic rings. The molecule has 80 valence electrons. The lowest BCUT2D eigenvalue weighted by atomic mass is 10.1. The van der Waals surface area contributed by atoms with Gasteiger partial charge in [0.25, 0.3) is 0 Å². The Morgan fingerprint density at radius 3 is 3.07 bits per heavy atom. The first-order valence-electron chi connectivity index (χ1n) is 5.36. The van der Waals surface area contributed by atoms with Gasteiger partial charge in [0, 0.05) is 31.4 Å². The quantitative estimate of drug-likeness (QED) is 0.744. The van der Waals surface area contributed by atoms with Crippen LogP contribution in [0.5, 0.6) is 0 Å². The fourth-order valence-corrected chi connectivity index (χ4v) is 1.84. The van der Waals surface area contributed by atoms with E-state index in [-0.39, 0.29) is 0 Å². The van der Waals surface area contributed by atoms with Gasteiger partial charge in [0.2, 0.25) is 0 Å². The molecule has 0 radical (unpaired) electrons. The van der Waals surface area contributed by atoms with Crippen LogP contribution in [0.1, 0.15) is 18.9 Å². The van der Waals surface area contributed by atoms with Gasteiger partial charge in [0.05, 0.1) is 0 Å². The number of pyridine rings is 1. The van der Waals surface area contributed by atoms with Gasteiger partial charge >= 0.3 is 0 Å². The fraction of sp³-hybridized carbons (Fsp3) is 0.417. The van der Waals surface area contributed by atoms with Crippen molar-refractivity contribution in [3.63, 3.8) is 0 Å². The van der Waals surface area contributed by atoms with Gasteiger partial charge in [-0.15, -0.1) is 0 Å². The fourth-order valence-electron chi connectivity index (χ4n) is 1.84. The minimum atomic E-state index is 0.558. The van der Waals surface area contributed by atoms with E-state index in [0.29, 0.717) is 6.54 Å². The number of nitrogens with two attached hydrogens (primary N) is 1. The Hall–Kier alpha value is -1.35. The zero-order chi connectivity index (χ0) is 10.7. The van der Waals surface area contributed by atoms with Crippen LogP contribution < -0.4 is 10.6 Å². The average molecular weight is 203 g/mol. The maximum atomic E-state index is 5.70. The Morgan fingerprint density at radius 1 is 1.53 bits per heavy atom. The van der Waals surface area contributed by atoms with Crippen LogP contribution in [0, 0.1) is 0 Å². The minimum absolute atomic E-state index is 0.558. The molecule has 0 fully saturated rings. The van der Waals surface area contributed by atoms with E-state index in [1.54, 1.807) is 0 Å². The van der Waals surface area contributed by atoms with E-state index in [4.69, 9.17) is 5.73 Å². The zero-order valence-electron chi connectivity index (χ0n) is 9.11. The molecule has 0 saturated carbocycles. The lowest BCUT2D eigenvalue weighted by Crippen LogP contribution is -2.30. The zero-order valence-corrected chi connectivity index (χ0v) is 9.11. The molecule has 0 atom stereocenters. The lowest BCUT2D eigenvalue weighted by molar-refractivity contribution is 0.768. The Labute approximate surface area is 90.6 Å². The summed E-state index contributed by atoms with van der Waals surface area (Å²) in [6.07, 6.45) is 5.22. The Morgan fingerprint density at radius 2 is 2.40 bits per heavy atom. The summed E-state index contributed by atoms with van der Waals surface area (Å²) in [6.45, 7) is 4.74. The predicted molar refractivity (Wildman–Crippen MR) is 62.7 cm³/mol. The Balaban J connectivity index is 2.22. The van der Waals surface area contributed by atoms with Crippen LogP contribution in [0.25, 0.3) is 0 Å². The summed E-state index contributed by atoms with van der Waals surface area (Å²) in [5, 5.41) is 0. The van der Waals surface area contributed by atoms with Crippen molar-refractivity contribution in [2.45, 2.75) is 19.9 Å². The summed E-state index contributed by atoms with van der Waals surface area (Å²) in [5.74, 6) is 1.05. The second-order valence-corrected chi connectivity index (χ2v) is 3.94. The molecule has 0 aromatic carbocycles. The summed E-state index contributed by atoms with van der Waals surface area (Å²) < 4.78 is 0. The molecule has 0 unspecified atom stereocenters. The molecule has 1 aromatic heterocycles. The number of aromatic nitrogens is 1. The topological polar surface area (TPSA) is 42.2 Å². The summed E-state index contributed by atoms with van der Waals surface area (Å²) >= 11 is 0. The van der Waals surface area contributed by atoms with E-state index < -0.39 is 0 Å². The van der Waals surface area contributed by atoms with E-state index in [9.17, 15) is 0 Å². The number of anilines is 1. The maximum Gasteiger partial charge on any atom is 0.133 e. The largest absolute Gasteiger partial charge is 0.352 e. The van der Waals surface area contributed by atoms with Gasteiger partial charge in [-0.3, -0.25) is 0 Å². The highest BCUT2D eigenvalue weighted by atomic mass is 15.2. The number of hydrogen-bond acceptors (Lipinski definition) is 3. The Kier molecular flexibility index (Phi) is 3.02. The van der Waals surface area contributed by atoms with Crippen LogP contribution in [-0.2, 0) is 6.54 Å². The SMILES string of the molecule is CC1=CCN(c2ncccc2CN)CC1. The molecular formula is C12H17N3. The molecule has 3 nitrogen and oxygen atoms in total. The summed E-state index contributed by atoms with van der Waals surface area (Å²) in [7, 11) is 0. The van der Waals surface area contributed by atoms with Crippen LogP contribution in [0.3, 0.4) is 0 Å². The number of hydrogen-bond donors (Lipinski definition) is 1. The van der Waals surface area contributed by atoms with Crippen LogP contribution in [0.2, 0.25) is 0 Å². The normalized spacial score (nSPS) is 16.4. The molecular weight excluding hydrogens is 186 g/mol. The van der Waals surface area contributed by atoms with E-state index in [1.165, 1.54) is 5.57 Å². The number of rotatable bonds is 2. The molecule has 1 aliphatic heterocycles. The van der Waals surface area contributed by atoms with Gasteiger partial charge < -0.3 is 10.6 Å². The lowest BCUT2D eigenvalue weighted by Gasteiger charge is -2.28. The van der Waals surface area contributed by atoms with Crippen LogP contribution in [-0.4, -0.2) is 18.1 Å². The summed E-state index contributed by atoms with van der Waals surface area (Å²) in [6, 6.07) is 3.99. The van der Waals surface area contributed by atoms with Crippen molar-refractivity contribution < 1.29 is 0 Å². The molecule has 0 bridgehead atoms. The molecule has 0 spiro atoms. The van der Waals surface area contributed by atoms with Gasteiger partial charge in [0.1, 0.15) is 5.82 Å². The smallest absolute Gasteiger partial charge is 0.133 e. The van der Waals surface area contributed by atoms with Crippen molar-refractivity contribution in [3.8, 4) is 0 Å². The number of nitrogens with zero attached hydrogens (tertiary/aromatic N) is 2. The van der Waals surface area contributed by atoms with Gasteiger partial charge in [0.15, 0.2) is 0 Å². The average Bonchev–Trinajstić information content (AvgIpc) is 2.30. The molecule has 2 rings (SSSR count). The molecule has 1 aromatic rings. The molecule has 15 heavy (non-hydrogen) atoms. The van der Waals surface area contributed by atoms with Crippen LogP contribution >= 0.6 is 0 Å². The minimum Gasteiger partial charge on any atom is -0.352 e. The predicted octanol–water partition coefficient (Wildman–Crippen LogP) is 1.70. The van der Waals surface area contributed by atoms with Crippen LogP contribution in [0.4, 0.5) is 5.82 Å². The van der Waals surface area contributed by atoms with Gasteiger partial charge in [-0.1, -0.05) is 17.7 Å². The second-order valence-electron chi connectivity index (χ2n) is 3.94. The third-order valence-corrected chi connectivity index (χ3v) is 2.82. The van der Waals surface area contributed by atoms with Crippen molar-refractivity contribution >= 4 is 5.82 Å². The summed E-state index contributed by atoms with van der Waals surface area (Å²) in [4.78, 5) is 6.70. The first kappa shape index (κ1) is 10.2. The molecule has 3 heteroatoms. The van der Waals surface area contributed by atoms with E-state index in [2.05, 4.69) is 22.9 Å². The molecule has 2 N–H and O–H groups in total.